The van der Waals surface area contributed by atoms with Crippen LogP contribution in [0.2, 0.25) is 5.02 Å². The molecule has 0 aliphatic rings. The highest BCUT2D eigenvalue weighted by molar-refractivity contribution is 6.30. The van der Waals surface area contributed by atoms with Gasteiger partial charge in [0.2, 0.25) is 5.91 Å². The lowest BCUT2D eigenvalue weighted by Crippen LogP contribution is -2.22. The van der Waals surface area contributed by atoms with E-state index in [1.54, 1.807) is 36.4 Å². The van der Waals surface area contributed by atoms with Crippen molar-refractivity contribution in [1.29, 1.82) is 0 Å². The second kappa shape index (κ2) is 8.75. The van der Waals surface area contributed by atoms with Crippen molar-refractivity contribution in [2.75, 3.05) is 19.5 Å². The Morgan fingerprint density at radius 2 is 1.82 bits per heavy atom. The molecule has 0 saturated carbocycles. The van der Waals surface area contributed by atoms with Crippen molar-refractivity contribution in [1.82, 2.24) is 9.55 Å². The smallest absolute Gasteiger partial charge is 0.261 e. The number of ether oxygens (including phenoxy) is 2. The first-order valence-electron chi connectivity index (χ1n) is 8.68. The average Bonchev–Trinajstić information content (AvgIpc) is 2.70. The van der Waals surface area contributed by atoms with Gasteiger partial charge < -0.3 is 14.8 Å². The Morgan fingerprint density at radius 3 is 2.50 bits per heavy atom. The Labute approximate surface area is 166 Å². The number of halogens is 1. The van der Waals surface area contributed by atoms with Crippen LogP contribution in [0.3, 0.4) is 0 Å². The molecule has 0 fully saturated rings. The van der Waals surface area contributed by atoms with E-state index in [2.05, 4.69) is 10.3 Å². The molecular weight excluding hydrogens is 382 g/mol. The molecule has 3 rings (SSSR count). The fourth-order valence-electron chi connectivity index (χ4n) is 2.81. The Bertz CT molecular complexity index is 1050. The summed E-state index contributed by atoms with van der Waals surface area (Å²) in [5.41, 5.74) is 1.02. The van der Waals surface area contributed by atoms with Crippen LogP contribution >= 0.6 is 11.6 Å². The standard InChI is InChI=1S/C20H20ClN3O4/c1-27-17-10-15-16(11-18(17)28-2)22-12-24(20(15)26)9-3-4-19(25)23-14-7-5-13(21)6-8-14/h5-8,10-12H,3-4,9H2,1-2H3,(H,23,25). The minimum Gasteiger partial charge on any atom is -0.493 e. The van der Waals surface area contributed by atoms with Gasteiger partial charge in [-0.25, -0.2) is 4.98 Å². The van der Waals surface area contributed by atoms with Gasteiger partial charge in [0.25, 0.3) is 5.56 Å². The van der Waals surface area contributed by atoms with Gasteiger partial charge in [0, 0.05) is 29.7 Å². The molecule has 0 spiro atoms. The fraction of sp³-hybridized carbons (Fsp3) is 0.250. The lowest BCUT2D eigenvalue weighted by atomic mass is 10.2. The Kier molecular flexibility index (Phi) is 6.16. The van der Waals surface area contributed by atoms with Gasteiger partial charge in [-0.3, -0.25) is 14.2 Å². The van der Waals surface area contributed by atoms with Gasteiger partial charge in [0.1, 0.15) is 0 Å². The first kappa shape index (κ1) is 19.7. The zero-order valence-corrected chi connectivity index (χ0v) is 16.3. The predicted octanol–water partition coefficient (Wildman–Crippen LogP) is 3.49. The minimum absolute atomic E-state index is 0.129. The number of nitrogens with zero attached hydrogens (tertiary/aromatic N) is 2. The Hall–Kier alpha value is -3.06. The van der Waals surface area contributed by atoms with E-state index >= 15 is 0 Å². The number of carbonyl (C=O) groups is 1. The minimum atomic E-state index is -0.191. The summed E-state index contributed by atoms with van der Waals surface area (Å²) in [5.74, 6) is 0.850. The molecule has 0 bridgehead atoms. The molecule has 1 amide bonds. The molecule has 0 aliphatic carbocycles. The maximum absolute atomic E-state index is 12.7. The zero-order chi connectivity index (χ0) is 20.1. The molecule has 1 aromatic heterocycles. The monoisotopic (exact) mass is 401 g/mol. The van der Waals surface area contributed by atoms with Crippen LogP contribution in [0.1, 0.15) is 12.8 Å². The van der Waals surface area contributed by atoms with Crippen molar-refractivity contribution >= 4 is 34.1 Å². The molecule has 0 atom stereocenters. The van der Waals surface area contributed by atoms with E-state index in [1.807, 2.05) is 0 Å². The molecule has 0 radical (unpaired) electrons. The molecule has 0 aliphatic heterocycles. The maximum atomic E-state index is 12.7. The number of carbonyl (C=O) groups excluding carboxylic acids is 1. The third-order valence-electron chi connectivity index (χ3n) is 4.26. The number of fused-ring (bicyclic) bond motifs is 1. The topological polar surface area (TPSA) is 82.5 Å². The summed E-state index contributed by atoms with van der Waals surface area (Å²) >= 11 is 5.83. The summed E-state index contributed by atoms with van der Waals surface area (Å²) in [4.78, 5) is 29.1. The van der Waals surface area contributed by atoms with Gasteiger partial charge in [0.15, 0.2) is 11.5 Å². The van der Waals surface area contributed by atoms with Crippen molar-refractivity contribution in [2.45, 2.75) is 19.4 Å². The summed E-state index contributed by atoms with van der Waals surface area (Å²) < 4.78 is 12.0. The van der Waals surface area contributed by atoms with Crippen LogP contribution < -0.4 is 20.3 Å². The van der Waals surface area contributed by atoms with Crippen LogP contribution in [0.25, 0.3) is 10.9 Å². The molecule has 8 heteroatoms. The second-order valence-electron chi connectivity index (χ2n) is 6.13. The summed E-state index contributed by atoms with van der Waals surface area (Å²) in [6, 6.07) is 10.2. The van der Waals surface area contributed by atoms with Crippen LogP contribution in [0, 0.1) is 0 Å². The second-order valence-corrected chi connectivity index (χ2v) is 6.56. The lowest BCUT2D eigenvalue weighted by molar-refractivity contribution is -0.116. The molecule has 1 N–H and O–H groups in total. The van der Waals surface area contributed by atoms with Crippen LogP contribution in [0.5, 0.6) is 11.5 Å². The Balaban J connectivity index is 1.67. The zero-order valence-electron chi connectivity index (χ0n) is 15.6. The van der Waals surface area contributed by atoms with Crippen LogP contribution in [0.4, 0.5) is 5.69 Å². The number of aromatic nitrogens is 2. The highest BCUT2D eigenvalue weighted by atomic mass is 35.5. The van der Waals surface area contributed by atoms with Gasteiger partial charge in [-0.2, -0.15) is 0 Å². The first-order chi connectivity index (χ1) is 13.5. The van der Waals surface area contributed by atoms with Crippen molar-refractivity contribution in [3.8, 4) is 11.5 Å². The third kappa shape index (κ3) is 4.43. The summed E-state index contributed by atoms with van der Waals surface area (Å²) in [6.45, 7) is 0.379. The number of benzene rings is 2. The molecule has 1 heterocycles. The Morgan fingerprint density at radius 1 is 1.14 bits per heavy atom. The van der Waals surface area contributed by atoms with Crippen molar-refractivity contribution in [2.24, 2.45) is 0 Å². The van der Waals surface area contributed by atoms with Crippen LogP contribution in [-0.4, -0.2) is 29.7 Å². The van der Waals surface area contributed by atoms with Gasteiger partial charge in [-0.1, -0.05) is 11.6 Å². The molecule has 28 heavy (non-hydrogen) atoms. The SMILES string of the molecule is COc1cc2ncn(CCCC(=O)Nc3ccc(Cl)cc3)c(=O)c2cc1OC. The van der Waals surface area contributed by atoms with Gasteiger partial charge in [0.05, 0.1) is 31.4 Å². The van der Waals surface area contributed by atoms with E-state index in [-0.39, 0.29) is 17.9 Å². The van der Waals surface area contributed by atoms with Gasteiger partial charge in [-0.05, 0) is 36.8 Å². The largest absolute Gasteiger partial charge is 0.493 e. The molecular formula is C20H20ClN3O4. The quantitative estimate of drug-likeness (QED) is 0.655. The van der Waals surface area contributed by atoms with E-state index < -0.39 is 0 Å². The molecule has 146 valence electrons. The van der Waals surface area contributed by atoms with E-state index in [0.717, 1.165) is 0 Å². The summed E-state index contributed by atoms with van der Waals surface area (Å²) in [6.07, 6.45) is 2.26. The van der Waals surface area contributed by atoms with Crippen molar-refractivity contribution in [3.63, 3.8) is 0 Å². The van der Waals surface area contributed by atoms with Crippen LogP contribution in [0.15, 0.2) is 47.5 Å². The number of rotatable bonds is 7. The first-order valence-corrected chi connectivity index (χ1v) is 9.06. The number of nitrogens with one attached hydrogen (secondary N) is 1. The number of methoxy groups -OCH3 is 2. The van der Waals surface area contributed by atoms with Crippen molar-refractivity contribution in [3.05, 3.63) is 58.1 Å². The fourth-order valence-corrected chi connectivity index (χ4v) is 2.94. The lowest BCUT2D eigenvalue weighted by Gasteiger charge is -2.10. The van der Waals surface area contributed by atoms with E-state index in [1.165, 1.54) is 25.1 Å². The molecule has 2 aromatic carbocycles. The highest BCUT2D eigenvalue weighted by Crippen LogP contribution is 2.29. The number of aryl methyl sites for hydroxylation is 1. The van der Waals surface area contributed by atoms with E-state index in [9.17, 15) is 9.59 Å². The number of hydrogen-bond acceptors (Lipinski definition) is 5. The number of hydrogen-bond donors (Lipinski definition) is 1. The molecule has 0 unspecified atom stereocenters. The van der Waals surface area contributed by atoms with Gasteiger partial charge in [-0.15, -0.1) is 0 Å². The van der Waals surface area contributed by atoms with E-state index in [0.29, 0.717) is 46.1 Å². The predicted molar refractivity (Wildman–Crippen MR) is 108 cm³/mol. The normalized spacial score (nSPS) is 10.7. The third-order valence-corrected chi connectivity index (χ3v) is 4.51. The number of amides is 1. The van der Waals surface area contributed by atoms with Crippen LogP contribution in [-0.2, 0) is 11.3 Å². The maximum Gasteiger partial charge on any atom is 0.261 e. The molecule has 7 nitrogen and oxygen atoms in total. The highest BCUT2D eigenvalue weighted by Gasteiger charge is 2.11. The summed E-state index contributed by atoms with van der Waals surface area (Å²) in [7, 11) is 3.04. The number of anilines is 1. The summed E-state index contributed by atoms with van der Waals surface area (Å²) in [5, 5.41) is 3.84. The van der Waals surface area contributed by atoms with Gasteiger partial charge >= 0.3 is 0 Å². The average molecular weight is 402 g/mol. The van der Waals surface area contributed by atoms with E-state index in [4.69, 9.17) is 21.1 Å². The molecule has 3 aromatic rings. The molecule has 0 saturated heterocycles. The van der Waals surface area contributed by atoms with Crippen molar-refractivity contribution < 1.29 is 14.3 Å².